The summed E-state index contributed by atoms with van der Waals surface area (Å²) in [6.07, 6.45) is 9.03. The molecule has 1 aliphatic rings. The summed E-state index contributed by atoms with van der Waals surface area (Å²) in [4.78, 5) is 10.6. The first-order valence-electron chi connectivity index (χ1n) is 8.83. The highest BCUT2D eigenvalue weighted by atomic mass is 16.5. The highest BCUT2D eigenvalue weighted by Crippen LogP contribution is 2.36. The van der Waals surface area contributed by atoms with E-state index >= 15 is 0 Å². The van der Waals surface area contributed by atoms with Crippen molar-refractivity contribution in [3.63, 3.8) is 0 Å². The van der Waals surface area contributed by atoms with E-state index in [1.165, 1.54) is 17.2 Å². The number of benzene rings is 1. The zero-order valence-corrected chi connectivity index (χ0v) is 16.5. The Balaban J connectivity index is 2.31. The van der Waals surface area contributed by atoms with Crippen LogP contribution in [0.2, 0.25) is 0 Å². The monoisotopic (exact) mass is 352 g/mol. The summed E-state index contributed by atoms with van der Waals surface area (Å²) in [6.45, 7) is 13.1. The van der Waals surface area contributed by atoms with Crippen LogP contribution in [-0.2, 0) is 10.2 Å². The van der Waals surface area contributed by atoms with Crippen molar-refractivity contribution in [3.05, 3.63) is 69.8 Å². The number of aryl methyl sites for hydroxylation is 1. The minimum Gasteiger partial charge on any atom is -0.488 e. The topological polar surface area (TPSA) is 46.5 Å². The van der Waals surface area contributed by atoms with Crippen LogP contribution in [0.15, 0.2) is 53.2 Å². The minimum atomic E-state index is -0.933. The zero-order chi connectivity index (χ0) is 19.5. The third kappa shape index (κ3) is 4.98. The average molecular weight is 352 g/mol. The van der Waals surface area contributed by atoms with Crippen molar-refractivity contribution < 1.29 is 14.6 Å². The van der Waals surface area contributed by atoms with E-state index in [0.29, 0.717) is 12.2 Å². The van der Waals surface area contributed by atoms with Gasteiger partial charge in [0.25, 0.3) is 0 Å². The Bertz CT molecular complexity index is 828. The van der Waals surface area contributed by atoms with E-state index in [9.17, 15) is 4.79 Å². The molecule has 0 aliphatic carbocycles. The molecule has 0 atom stereocenters. The van der Waals surface area contributed by atoms with Gasteiger partial charge in [-0.15, -0.1) is 0 Å². The van der Waals surface area contributed by atoms with Gasteiger partial charge in [0.1, 0.15) is 12.4 Å². The number of carbonyl (C=O) groups is 1. The molecule has 1 N–H and O–H groups in total. The van der Waals surface area contributed by atoms with E-state index in [0.717, 1.165) is 22.5 Å². The van der Waals surface area contributed by atoms with Crippen LogP contribution in [0.25, 0.3) is 6.08 Å². The predicted molar refractivity (Wildman–Crippen MR) is 108 cm³/mol. The molecule has 0 amide bonds. The Morgan fingerprint density at radius 2 is 1.92 bits per heavy atom. The van der Waals surface area contributed by atoms with E-state index < -0.39 is 5.97 Å². The third-order valence-electron chi connectivity index (χ3n) is 4.43. The number of carboxylic acid groups (broad SMARTS) is 1. The normalized spacial score (nSPS) is 15.5. The van der Waals surface area contributed by atoms with Crippen molar-refractivity contribution in [3.8, 4) is 5.75 Å². The molecular weight excluding hydrogens is 324 g/mol. The van der Waals surface area contributed by atoms with Crippen molar-refractivity contribution in [2.75, 3.05) is 6.61 Å². The fourth-order valence-corrected chi connectivity index (χ4v) is 2.84. The molecule has 2 rings (SSSR count). The molecule has 1 aromatic rings. The molecule has 26 heavy (non-hydrogen) atoms. The van der Waals surface area contributed by atoms with Crippen LogP contribution < -0.4 is 4.74 Å². The summed E-state index contributed by atoms with van der Waals surface area (Å²) in [7, 11) is 0. The zero-order valence-electron chi connectivity index (χ0n) is 16.5. The van der Waals surface area contributed by atoms with Crippen molar-refractivity contribution >= 4 is 12.0 Å². The Kier molecular flexibility index (Phi) is 5.91. The standard InChI is InChI=1S/C23H28O3/c1-15(10-21(24)25)8-7-9-16(2)19-12-18-13-20(23(4,5)6)11-17(3)22(18)26-14-19/h7-13H,14H2,1-6H3,(H,24,25)/b8-7?,15-10?,16-9-. The molecule has 3 nitrogen and oxygen atoms in total. The second kappa shape index (κ2) is 7.77. The van der Waals surface area contributed by atoms with Crippen molar-refractivity contribution in [2.24, 2.45) is 0 Å². The van der Waals surface area contributed by atoms with Gasteiger partial charge in [0, 0.05) is 11.6 Å². The molecule has 0 fully saturated rings. The highest BCUT2D eigenvalue weighted by molar-refractivity contribution is 5.81. The van der Waals surface area contributed by atoms with Gasteiger partial charge in [0.2, 0.25) is 0 Å². The summed E-state index contributed by atoms with van der Waals surface area (Å²) < 4.78 is 6.01. The third-order valence-corrected chi connectivity index (χ3v) is 4.43. The summed E-state index contributed by atoms with van der Waals surface area (Å²) in [5, 5.41) is 8.74. The number of hydrogen-bond acceptors (Lipinski definition) is 2. The van der Waals surface area contributed by atoms with Gasteiger partial charge in [0.15, 0.2) is 0 Å². The van der Waals surface area contributed by atoms with Gasteiger partial charge in [-0.25, -0.2) is 4.79 Å². The number of fused-ring (bicyclic) bond motifs is 1. The second-order valence-corrected chi connectivity index (χ2v) is 7.86. The van der Waals surface area contributed by atoms with Gasteiger partial charge >= 0.3 is 5.97 Å². The summed E-state index contributed by atoms with van der Waals surface area (Å²) in [5.41, 5.74) is 6.61. The Hall–Kier alpha value is -2.55. The van der Waals surface area contributed by atoms with E-state index in [1.807, 2.05) is 19.1 Å². The lowest BCUT2D eigenvalue weighted by molar-refractivity contribution is -0.131. The highest BCUT2D eigenvalue weighted by Gasteiger charge is 2.20. The molecular formula is C23H28O3. The molecule has 1 heterocycles. The maximum Gasteiger partial charge on any atom is 0.328 e. The maximum absolute atomic E-state index is 10.6. The molecule has 0 unspecified atom stereocenters. The number of hydrogen-bond donors (Lipinski definition) is 1. The first kappa shape index (κ1) is 19.8. The number of carboxylic acids is 1. The number of ether oxygens (including phenoxy) is 1. The molecule has 0 bridgehead atoms. The Morgan fingerprint density at radius 1 is 1.23 bits per heavy atom. The molecule has 0 saturated carbocycles. The molecule has 138 valence electrons. The minimum absolute atomic E-state index is 0.0901. The first-order valence-corrected chi connectivity index (χ1v) is 8.83. The molecule has 1 aromatic carbocycles. The lowest BCUT2D eigenvalue weighted by Gasteiger charge is -2.25. The van der Waals surface area contributed by atoms with Crippen LogP contribution in [0.1, 0.15) is 51.3 Å². The maximum atomic E-state index is 10.6. The fraction of sp³-hybridized carbons (Fsp3) is 0.348. The van der Waals surface area contributed by atoms with E-state index in [2.05, 4.69) is 45.9 Å². The van der Waals surface area contributed by atoms with Gasteiger partial charge in [0.05, 0.1) is 0 Å². The lowest BCUT2D eigenvalue weighted by atomic mass is 9.84. The SMILES string of the molecule is CC(C=C/C=C(/C)C1=Cc2cc(C(C)(C)C)cc(C)c2OC1)=CC(=O)O. The fourth-order valence-electron chi connectivity index (χ4n) is 2.84. The van der Waals surface area contributed by atoms with Crippen LogP contribution in [-0.4, -0.2) is 17.7 Å². The second-order valence-electron chi connectivity index (χ2n) is 7.86. The average Bonchev–Trinajstić information content (AvgIpc) is 2.52. The first-order chi connectivity index (χ1) is 12.1. The van der Waals surface area contributed by atoms with Crippen LogP contribution >= 0.6 is 0 Å². The van der Waals surface area contributed by atoms with Crippen molar-refractivity contribution in [1.82, 2.24) is 0 Å². The Morgan fingerprint density at radius 3 is 2.54 bits per heavy atom. The predicted octanol–water partition coefficient (Wildman–Crippen LogP) is 5.60. The largest absolute Gasteiger partial charge is 0.488 e. The lowest BCUT2D eigenvalue weighted by Crippen LogP contribution is -2.14. The molecule has 0 saturated heterocycles. The Labute approximate surface area is 156 Å². The van der Waals surface area contributed by atoms with E-state index in [4.69, 9.17) is 9.84 Å². The molecule has 0 spiro atoms. The van der Waals surface area contributed by atoms with Crippen molar-refractivity contribution in [2.45, 2.75) is 47.0 Å². The molecule has 0 radical (unpaired) electrons. The number of allylic oxidation sites excluding steroid dienone is 4. The van der Waals surface area contributed by atoms with E-state index in [-0.39, 0.29) is 5.41 Å². The van der Waals surface area contributed by atoms with Crippen LogP contribution in [0, 0.1) is 6.92 Å². The van der Waals surface area contributed by atoms with Crippen LogP contribution in [0.4, 0.5) is 0 Å². The van der Waals surface area contributed by atoms with Crippen molar-refractivity contribution in [1.29, 1.82) is 0 Å². The quantitative estimate of drug-likeness (QED) is 0.566. The van der Waals surface area contributed by atoms with E-state index in [1.54, 1.807) is 13.0 Å². The summed E-state index contributed by atoms with van der Waals surface area (Å²) >= 11 is 0. The van der Waals surface area contributed by atoms with Gasteiger partial charge in [-0.3, -0.25) is 0 Å². The summed E-state index contributed by atoms with van der Waals surface area (Å²) in [6, 6.07) is 4.42. The smallest absolute Gasteiger partial charge is 0.328 e. The van der Waals surface area contributed by atoms with Crippen LogP contribution in [0.3, 0.4) is 0 Å². The van der Waals surface area contributed by atoms with Gasteiger partial charge in [-0.2, -0.15) is 0 Å². The molecule has 0 aromatic heterocycles. The number of aliphatic carboxylic acids is 1. The van der Waals surface area contributed by atoms with Crippen LogP contribution in [0.5, 0.6) is 5.75 Å². The van der Waals surface area contributed by atoms with Gasteiger partial charge in [-0.1, -0.05) is 45.1 Å². The molecule has 3 heteroatoms. The summed E-state index contributed by atoms with van der Waals surface area (Å²) in [5.74, 6) is 0.0307. The number of rotatable bonds is 4. The van der Waals surface area contributed by atoms with Gasteiger partial charge in [-0.05, 0) is 66.2 Å². The van der Waals surface area contributed by atoms with Gasteiger partial charge < -0.3 is 9.84 Å². The molecule has 1 aliphatic heterocycles.